The first-order valence-electron chi connectivity index (χ1n) is 4.13. The van der Waals surface area contributed by atoms with E-state index in [1.807, 2.05) is 0 Å². The summed E-state index contributed by atoms with van der Waals surface area (Å²) in [4.78, 5) is 3.11. The molecule has 0 amide bonds. The molecule has 0 unspecified atom stereocenters. The summed E-state index contributed by atoms with van der Waals surface area (Å²) in [5, 5.41) is 0. The third-order valence-corrected chi connectivity index (χ3v) is 1.92. The first-order chi connectivity index (χ1) is 7.32. The molecule has 16 heavy (non-hydrogen) atoms. The van der Waals surface area contributed by atoms with Gasteiger partial charge in [0.1, 0.15) is 5.52 Å². The van der Waals surface area contributed by atoms with E-state index in [0.717, 1.165) is 0 Å². The highest BCUT2D eigenvalue weighted by Gasteiger charge is 2.62. The molecule has 86 valence electrons. The second kappa shape index (κ2) is 3.16. The summed E-state index contributed by atoms with van der Waals surface area (Å²) in [5.74, 6) is -6.72. The number of oxazole rings is 1. The van der Waals surface area contributed by atoms with Gasteiger partial charge in [0.15, 0.2) is 5.58 Å². The Labute approximate surface area is 85.7 Å². The summed E-state index contributed by atoms with van der Waals surface area (Å²) >= 11 is 0. The van der Waals surface area contributed by atoms with Crippen LogP contribution in [0.4, 0.5) is 22.0 Å². The lowest BCUT2D eigenvalue weighted by molar-refractivity contribution is -0.297. The molecule has 2 aromatic rings. The maximum atomic E-state index is 12.8. The Kier molecular flexibility index (Phi) is 2.14. The van der Waals surface area contributed by atoms with Crippen molar-refractivity contribution in [1.29, 1.82) is 0 Å². The topological polar surface area (TPSA) is 26.0 Å². The quantitative estimate of drug-likeness (QED) is 0.709. The van der Waals surface area contributed by atoms with Crippen LogP contribution in [0.2, 0.25) is 0 Å². The predicted molar refractivity (Wildman–Crippen MR) is 44.0 cm³/mol. The summed E-state index contributed by atoms with van der Waals surface area (Å²) in [6.45, 7) is 0. The van der Waals surface area contributed by atoms with Crippen LogP contribution in [0.25, 0.3) is 11.1 Å². The molecule has 0 aliphatic rings. The maximum Gasteiger partial charge on any atom is 0.463 e. The van der Waals surface area contributed by atoms with Gasteiger partial charge in [-0.3, -0.25) is 0 Å². The lowest BCUT2D eigenvalue weighted by atomic mass is 10.3. The third kappa shape index (κ3) is 1.52. The Morgan fingerprint density at radius 1 is 1.00 bits per heavy atom. The number of aromatic nitrogens is 1. The molecule has 0 spiro atoms. The van der Waals surface area contributed by atoms with Crippen LogP contribution in [-0.2, 0) is 5.92 Å². The minimum absolute atomic E-state index is 0.0403. The Bertz CT molecular complexity index is 483. The van der Waals surface area contributed by atoms with Crippen LogP contribution in [0, 0.1) is 0 Å². The van der Waals surface area contributed by atoms with Crippen LogP contribution >= 0.6 is 0 Å². The van der Waals surface area contributed by atoms with Gasteiger partial charge in [0.05, 0.1) is 0 Å². The first kappa shape index (κ1) is 10.8. The molecule has 0 radical (unpaired) electrons. The standard InChI is InChI=1S/C9H4F5NO/c10-8(11,9(12,13)14)7-15-5-3-1-2-4-6(5)16-7/h1-4H. The van der Waals surface area contributed by atoms with E-state index in [2.05, 4.69) is 9.40 Å². The van der Waals surface area contributed by atoms with Gasteiger partial charge in [0.25, 0.3) is 5.89 Å². The van der Waals surface area contributed by atoms with E-state index >= 15 is 0 Å². The summed E-state index contributed by atoms with van der Waals surface area (Å²) in [5.41, 5.74) is -0.150. The molecule has 1 aromatic carbocycles. The molecule has 0 bridgehead atoms. The summed E-state index contributed by atoms with van der Waals surface area (Å²) in [6, 6.07) is 5.45. The van der Waals surface area contributed by atoms with E-state index in [9.17, 15) is 22.0 Å². The van der Waals surface area contributed by atoms with Gasteiger partial charge in [-0.1, -0.05) is 12.1 Å². The van der Waals surface area contributed by atoms with Crippen molar-refractivity contribution in [2.24, 2.45) is 0 Å². The van der Waals surface area contributed by atoms with Crippen LogP contribution in [-0.4, -0.2) is 11.2 Å². The smallest absolute Gasteiger partial charge is 0.435 e. The molecular weight excluding hydrogens is 233 g/mol. The molecule has 0 saturated carbocycles. The Morgan fingerprint density at radius 2 is 1.62 bits per heavy atom. The zero-order valence-electron chi connectivity index (χ0n) is 7.55. The van der Waals surface area contributed by atoms with Gasteiger partial charge in [-0.25, -0.2) is 4.98 Å². The van der Waals surface area contributed by atoms with Gasteiger partial charge in [-0.15, -0.1) is 0 Å². The largest absolute Gasteiger partial charge is 0.463 e. The zero-order valence-corrected chi connectivity index (χ0v) is 7.55. The molecule has 2 rings (SSSR count). The van der Waals surface area contributed by atoms with Crippen LogP contribution in [0.5, 0.6) is 0 Å². The highest BCUT2D eigenvalue weighted by molar-refractivity contribution is 5.72. The average Bonchev–Trinajstić information content (AvgIpc) is 2.59. The molecule has 0 aliphatic heterocycles. The number of benzene rings is 1. The van der Waals surface area contributed by atoms with Crippen molar-refractivity contribution in [2.45, 2.75) is 12.1 Å². The van der Waals surface area contributed by atoms with Crippen molar-refractivity contribution < 1.29 is 26.4 Å². The SMILES string of the molecule is FC(F)(F)C(F)(F)c1nc2ccccc2o1. The predicted octanol–water partition coefficient (Wildman–Crippen LogP) is 3.48. The number of hydrogen-bond acceptors (Lipinski definition) is 2. The van der Waals surface area contributed by atoms with Crippen LogP contribution in [0.15, 0.2) is 28.7 Å². The van der Waals surface area contributed by atoms with Gasteiger partial charge in [0.2, 0.25) is 0 Å². The highest BCUT2D eigenvalue weighted by Crippen LogP contribution is 2.43. The minimum atomic E-state index is -5.71. The van der Waals surface area contributed by atoms with Crippen molar-refractivity contribution in [2.75, 3.05) is 0 Å². The molecule has 0 fully saturated rings. The molecule has 2 nitrogen and oxygen atoms in total. The molecule has 1 heterocycles. The Balaban J connectivity index is 2.56. The molecule has 0 saturated heterocycles. The van der Waals surface area contributed by atoms with Gasteiger partial charge >= 0.3 is 12.1 Å². The van der Waals surface area contributed by atoms with Crippen LogP contribution < -0.4 is 0 Å². The fourth-order valence-electron chi connectivity index (χ4n) is 1.13. The van der Waals surface area contributed by atoms with E-state index in [-0.39, 0.29) is 11.1 Å². The lowest BCUT2D eigenvalue weighted by Crippen LogP contribution is -2.33. The fourth-order valence-corrected chi connectivity index (χ4v) is 1.13. The molecule has 1 aromatic heterocycles. The lowest BCUT2D eigenvalue weighted by Gasteiger charge is -2.15. The van der Waals surface area contributed by atoms with Gasteiger partial charge < -0.3 is 4.42 Å². The van der Waals surface area contributed by atoms with E-state index in [1.54, 1.807) is 0 Å². The maximum absolute atomic E-state index is 12.8. The molecule has 0 aliphatic carbocycles. The number of rotatable bonds is 1. The molecule has 0 N–H and O–H groups in total. The van der Waals surface area contributed by atoms with Crippen molar-refractivity contribution in [1.82, 2.24) is 4.98 Å². The second-order valence-corrected chi connectivity index (χ2v) is 3.06. The first-order valence-corrected chi connectivity index (χ1v) is 4.13. The van der Waals surface area contributed by atoms with E-state index < -0.39 is 18.0 Å². The summed E-state index contributed by atoms with van der Waals surface area (Å²) in [6.07, 6.45) is -5.71. The van der Waals surface area contributed by atoms with Gasteiger partial charge in [0, 0.05) is 0 Å². The molecule has 0 atom stereocenters. The van der Waals surface area contributed by atoms with E-state index in [4.69, 9.17) is 0 Å². The average molecular weight is 237 g/mol. The molecule has 7 heteroatoms. The summed E-state index contributed by atoms with van der Waals surface area (Å²) < 4.78 is 66.0. The number of halogens is 5. The van der Waals surface area contributed by atoms with Crippen molar-refractivity contribution in [3.05, 3.63) is 30.2 Å². The third-order valence-electron chi connectivity index (χ3n) is 1.92. The Morgan fingerprint density at radius 3 is 2.19 bits per heavy atom. The van der Waals surface area contributed by atoms with Crippen LogP contribution in [0.1, 0.15) is 5.89 Å². The van der Waals surface area contributed by atoms with Crippen molar-refractivity contribution in [3.8, 4) is 0 Å². The fraction of sp³-hybridized carbons (Fsp3) is 0.222. The Hall–Kier alpha value is -1.66. The van der Waals surface area contributed by atoms with Gasteiger partial charge in [-0.2, -0.15) is 22.0 Å². The molecular formula is C9H4F5NO. The summed E-state index contributed by atoms with van der Waals surface area (Å²) in [7, 11) is 0. The normalized spacial score (nSPS) is 13.3. The van der Waals surface area contributed by atoms with E-state index in [0.29, 0.717) is 0 Å². The zero-order chi connectivity index (χ0) is 12.0. The number of alkyl halides is 5. The second-order valence-electron chi connectivity index (χ2n) is 3.06. The van der Waals surface area contributed by atoms with Crippen molar-refractivity contribution in [3.63, 3.8) is 0 Å². The van der Waals surface area contributed by atoms with Gasteiger partial charge in [-0.05, 0) is 12.1 Å². The monoisotopic (exact) mass is 237 g/mol. The number of fused-ring (bicyclic) bond motifs is 1. The number of nitrogens with zero attached hydrogens (tertiary/aromatic N) is 1. The van der Waals surface area contributed by atoms with E-state index in [1.165, 1.54) is 24.3 Å². The highest BCUT2D eigenvalue weighted by atomic mass is 19.4. The van der Waals surface area contributed by atoms with Crippen LogP contribution in [0.3, 0.4) is 0 Å². The number of hydrogen-bond donors (Lipinski definition) is 0. The number of para-hydroxylation sites is 2. The van der Waals surface area contributed by atoms with Crippen molar-refractivity contribution >= 4 is 11.1 Å². The minimum Gasteiger partial charge on any atom is -0.435 e.